The predicted octanol–water partition coefficient (Wildman–Crippen LogP) is 3.42. The standard InChI is InChI=1S/C12H9Cl2N/c13-12(14)10(8-15)6-11(12,7-10)9-4-2-1-3-5-9/h1-5H,6-7H2. The highest BCUT2D eigenvalue weighted by atomic mass is 35.5. The molecule has 1 nitrogen and oxygen atoms in total. The van der Waals surface area contributed by atoms with Crippen LogP contribution in [0.1, 0.15) is 18.4 Å². The van der Waals surface area contributed by atoms with Gasteiger partial charge in [0, 0.05) is 5.41 Å². The molecule has 0 N–H and O–H groups in total. The number of halogens is 2. The average Bonchev–Trinajstić information content (AvgIpc) is 2.18. The molecule has 4 rings (SSSR count). The fourth-order valence-corrected chi connectivity index (χ4v) is 3.80. The van der Waals surface area contributed by atoms with Crippen LogP contribution in [0.15, 0.2) is 30.3 Å². The first-order valence-electron chi connectivity index (χ1n) is 4.93. The highest BCUT2D eigenvalue weighted by Crippen LogP contribution is 2.83. The summed E-state index contributed by atoms with van der Waals surface area (Å²) in [6.07, 6.45) is 1.60. The Labute approximate surface area is 98.6 Å². The molecule has 0 heterocycles. The molecule has 76 valence electrons. The minimum absolute atomic E-state index is 0.174. The molecule has 1 aromatic carbocycles. The molecule has 15 heavy (non-hydrogen) atoms. The summed E-state index contributed by atoms with van der Waals surface area (Å²) in [5, 5.41) is 9.06. The molecular formula is C12H9Cl2N. The second kappa shape index (κ2) is 2.51. The first kappa shape index (κ1) is 9.51. The quantitative estimate of drug-likeness (QED) is 0.687. The number of nitriles is 1. The molecule has 0 spiro atoms. The van der Waals surface area contributed by atoms with Crippen LogP contribution in [-0.4, -0.2) is 4.33 Å². The lowest BCUT2D eigenvalue weighted by Crippen LogP contribution is -2.79. The van der Waals surface area contributed by atoms with Gasteiger partial charge < -0.3 is 0 Å². The summed E-state index contributed by atoms with van der Waals surface area (Å²) in [7, 11) is 0. The number of hydrogen-bond donors (Lipinski definition) is 0. The van der Waals surface area contributed by atoms with E-state index in [1.54, 1.807) is 0 Å². The maximum Gasteiger partial charge on any atom is 0.146 e. The van der Waals surface area contributed by atoms with E-state index in [4.69, 9.17) is 28.5 Å². The van der Waals surface area contributed by atoms with Crippen molar-refractivity contribution in [1.29, 1.82) is 5.26 Å². The highest BCUT2D eigenvalue weighted by Gasteiger charge is 2.85. The van der Waals surface area contributed by atoms with E-state index in [1.165, 1.54) is 0 Å². The summed E-state index contributed by atoms with van der Waals surface area (Å²) in [5.74, 6) is 0. The van der Waals surface area contributed by atoms with Crippen molar-refractivity contribution >= 4 is 23.2 Å². The third kappa shape index (κ3) is 0.791. The van der Waals surface area contributed by atoms with Crippen molar-refractivity contribution < 1.29 is 0 Å². The summed E-state index contributed by atoms with van der Waals surface area (Å²) in [4.78, 5) is 0. The average molecular weight is 238 g/mol. The molecule has 3 saturated carbocycles. The van der Waals surface area contributed by atoms with E-state index in [0.29, 0.717) is 0 Å². The van der Waals surface area contributed by atoms with E-state index < -0.39 is 9.75 Å². The van der Waals surface area contributed by atoms with E-state index in [0.717, 1.165) is 18.4 Å². The topological polar surface area (TPSA) is 23.8 Å². The number of nitrogens with zero attached hydrogens (tertiary/aromatic N) is 1. The van der Waals surface area contributed by atoms with Crippen LogP contribution in [0, 0.1) is 16.7 Å². The van der Waals surface area contributed by atoms with Gasteiger partial charge in [0.2, 0.25) is 0 Å². The van der Waals surface area contributed by atoms with Crippen LogP contribution in [0.3, 0.4) is 0 Å². The molecule has 1 aromatic rings. The van der Waals surface area contributed by atoms with Crippen LogP contribution in [-0.2, 0) is 5.41 Å². The Morgan fingerprint density at radius 3 is 2.20 bits per heavy atom. The first-order chi connectivity index (χ1) is 7.08. The lowest BCUT2D eigenvalue weighted by molar-refractivity contribution is -0.109. The number of hydrogen-bond acceptors (Lipinski definition) is 1. The van der Waals surface area contributed by atoms with Crippen molar-refractivity contribution in [1.82, 2.24) is 0 Å². The summed E-state index contributed by atoms with van der Waals surface area (Å²) >= 11 is 12.6. The van der Waals surface area contributed by atoms with Gasteiger partial charge in [-0.25, -0.2) is 0 Å². The van der Waals surface area contributed by atoms with E-state index in [9.17, 15) is 0 Å². The lowest BCUT2D eigenvalue weighted by atomic mass is 9.33. The van der Waals surface area contributed by atoms with Gasteiger partial charge in [0.25, 0.3) is 0 Å². The molecule has 0 radical (unpaired) electrons. The monoisotopic (exact) mass is 237 g/mol. The maximum absolute atomic E-state index is 9.06. The SMILES string of the molecule is N#CC12CC(c3ccccc3)(C1)C2(Cl)Cl. The minimum Gasteiger partial charge on any atom is -0.198 e. The summed E-state index contributed by atoms with van der Waals surface area (Å²) < 4.78 is -0.893. The van der Waals surface area contributed by atoms with Gasteiger partial charge >= 0.3 is 0 Å². The van der Waals surface area contributed by atoms with Crippen molar-refractivity contribution in [2.75, 3.05) is 0 Å². The van der Waals surface area contributed by atoms with Crippen LogP contribution in [0.2, 0.25) is 0 Å². The third-order valence-electron chi connectivity index (χ3n) is 3.95. The van der Waals surface area contributed by atoms with Crippen molar-refractivity contribution in [3.63, 3.8) is 0 Å². The summed E-state index contributed by atoms with van der Waals surface area (Å²) in [6.45, 7) is 0. The van der Waals surface area contributed by atoms with Gasteiger partial charge in [0.15, 0.2) is 0 Å². The Morgan fingerprint density at radius 1 is 1.13 bits per heavy atom. The fraction of sp³-hybridized carbons (Fsp3) is 0.417. The first-order valence-corrected chi connectivity index (χ1v) is 5.68. The molecule has 0 unspecified atom stereocenters. The zero-order valence-electron chi connectivity index (χ0n) is 8.00. The Morgan fingerprint density at radius 2 is 1.73 bits per heavy atom. The van der Waals surface area contributed by atoms with Gasteiger partial charge in [-0.3, -0.25) is 0 Å². The Hall–Kier alpha value is -0.710. The Bertz CT molecular complexity index is 452. The smallest absolute Gasteiger partial charge is 0.146 e. The molecular weight excluding hydrogens is 229 g/mol. The van der Waals surface area contributed by atoms with Gasteiger partial charge in [0.05, 0.1) is 11.5 Å². The second-order valence-electron chi connectivity index (χ2n) is 4.57. The summed E-state index contributed by atoms with van der Waals surface area (Å²) in [5.41, 5.74) is 0.492. The van der Waals surface area contributed by atoms with E-state index >= 15 is 0 Å². The van der Waals surface area contributed by atoms with Crippen molar-refractivity contribution in [3.8, 4) is 6.07 Å². The molecule has 3 fully saturated rings. The minimum atomic E-state index is -0.893. The molecule has 2 bridgehead atoms. The van der Waals surface area contributed by atoms with Gasteiger partial charge in [-0.2, -0.15) is 5.26 Å². The normalized spacial score (nSPS) is 39.8. The van der Waals surface area contributed by atoms with Crippen molar-refractivity contribution in [3.05, 3.63) is 35.9 Å². The van der Waals surface area contributed by atoms with Gasteiger partial charge in [-0.05, 0) is 18.4 Å². The molecule has 0 amide bonds. The molecule has 0 saturated heterocycles. The molecule has 0 atom stereocenters. The number of alkyl halides is 2. The van der Waals surface area contributed by atoms with Crippen LogP contribution < -0.4 is 0 Å². The Balaban J connectivity index is 2.03. The Kier molecular flexibility index (Phi) is 1.59. The zero-order valence-corrected chi connectivity index (χ0v) is 9.52. The van der Waals surface area contributed by atoms with E-state index in [-0.39, 0.29) is 5.41 Å². The molecule has 3 aliphatic carbocycles. The zero-order chi connectivity index (χ0) is 10.7. The van der Waals surface area contributed by atoms with Crippen LogP contribution in [0.25, 0.3) is 0 Å². The number of benzene rings is 1. The molecule has 0 aromatic heterocycles. The fourth-order valence-electron chi connectivity index (χ4n) is 2.96. The predicted molar refractivity (Wildman–Crippen MR) is 59.8 cm³/mol. The second-order valence-corrected chi connectivity index (χ2v) is 5.90. The van der Waals surface area contributed by atoms with Crippen molar-refractivity contribution in [2.24, 2.45) is 5.41 Å². The van der Waals surface area contributed by atoms with Gasteiger partial charge in [-0.15, -0.1) is 0 Å². The van der Waals surface area contributed by atoms with E-state index in [1.807, 2.05) is 30.3 Å². The third-order valence-corrected chi connectivity index (χ3v) is 5.40. The molecule has 0 aliphatic heterocycles. The highest BCUT2D eigenvalue weighted by molar-refractivity contribution is 6.52. The van der Waals surface area contributed by atoms with Gasteiger partial charge in [-0.1, -0.05) is 53.5 Å². The number of rotatable bonds is 1. The molecule has 3 heteroatoms. The summed E-state index contributed by atoms with van der Waals surface area (Å²) in [6, 6.07) is 12.3. The van der Waals surface area contributed by atoms with Crippen LogP contribution in [0.5, 0.6) is 0 Å². The van der Waals surface area contributed by atoms with Crippen LogP contribution >= 0.6 is 23.2 Å². The van der Waals surface area contributed by atoms with Crippen molar-refractivity contribution in [2.45, 2.75) is 22.6 Å². The maximum atomic E-state index is 9.06. The molecule has 3 aliphatic rings. The lowest BCUT2D eigenvalue weighted by Gasteiger charge is -2.75. The van der Waals surface area contributed by atoms with E-state index in [2.05, 4.69) is 6.07 Å². The van der Waals surface area contributed by atoms with Gasteiger partial charge in [0.1, 0.15) is 4.33 Å². The largest absolute Gasteiger partial charge is 0.198 e. The van der Waals surface area contributed by atoms with Crippen LogP contribution in [0.4, 0.5) is 0 Å².